The zero-order valence-electron chi connectivity index (χ0n) is 8.74. The van der Waals surface area contributed by atoms with E-state index >= 15 is 0 Å². The molecular formula is C11H6Cl2F2N2O. The predicted molar refractivity (Wildman–Crippen MR) is 62.5 cm³/mol. The molecule has 3 nitrogen and oxygen atoms in total. The molecule has 1 heterocycles. The molecule has 1 unspecified atom stereocenters. The third-order valence-electron chi connectivity index (χ3n) is 2.31. The van der Waals surface area contributed by atoms with E-state index in [-0.39, 0.29) is 16.0 Å². The first-order chi connectivity index (χ1) is 8.50. The second-order valence-corrected chi connectivity index (χ2v) is 4.12. The van der Waals surface area contributed by atoms with Gasteiger partial charge in [-0.25, -0.2) is 18.7 Å². The maximum absolute atomic E-state index is 13.5. The normalized spacial score (nSPS) is 12.5. The van der Waals surface area contributed by atoms with E-state index in [1.165, 1.54) is 6.07 Å². The summed E-state index contributed by atoms with van der Waals surface area (Å²) in [4.78, 5) is 7.21. The Bertz CT molecular complexity index is 575. The highest BCUT2D eigenvalue weighted by molar-refractivity contribution is 6.32. The van der Waals surface area contributed by atoms with Crippen molar-refractivity contribution in [2.24, 2.45) is 0 Å². The Morgan fingerprint density at radius 2 is 1.78 bits per heavy atom. The molecular weight excluding hydrogens is 285 g/mol. The highest BCUT2D eigenvalue weighted by Crippen LogP contribution is 2.30. The number of hydrogen-bond donors (Lipinski definition) is 1. The average molecular weight is 291 g/mol. The van der Waals surface area contributed by atoms with E-state index in [4.69, 9.17) is 23.2 Å². The maximum atomic E-state index is 13.5. The molecule has 0 aliphatic rings. The summed E-state index contributed by atoms with van der Waals surface area (Å²) in [5.74, 6) is -1.76. The molecule has 1 aromatic carbocycles. The van der Waals surface area contributed by atoms with Crippen LogP contribution in [0.3, 0.4) is 0 Å². The first-order valence-electron chi connectivity index (χ1n) is 4.80. The van der Waals surface area contributed by atoms with E-state index in [0.29, 0.717) is 0 Å². The Hall–Kier alpha value is -1.30. The van der Waals surface area contributed by atoms with Crippen LogP contribution in [0.25, 0.3) is 0 Å². The van der Waals surface area contributed by atoms with Crippen molar-refractivity contribution in [1.82, 2.24) is 9.97 Å². The molecule has 0 saturated carbocycles. The summed E-state index contributed by atoms with van der Waals surface area (Å²) >= 11 is 11.2. The van der Waals surface area contributed by atoms with Gasteiger partial charge in [-0.3, -0.25) is 0 Å². The standard InChI is InChI=1S/C11H6Cl2F2N2O/c12-10-5(4-16-11(13)17-10)9(18)8-6(14)2-1-3-7(8)15/h1-4,9,18H. The average Bonchev–Trinajstić information content (AvgIpc) is 2.28. The highest BCUT2D eigenvalue weighted by atomic mass is 35.5. The fourth-order valence-corrected chi connectivity index (χ4v) is 1.87. The van der Waals surface area contributed by atoms with Crippen LogP contribution in [0.15, 0.2) is 24.4 Å². The minimum atomic E-state index is -1.60. The molecule has 0 fully saturated rings. The van der Waals surface area contributed by atoms with Gasteiger partial charge < -0.3 is 5.11 Å². The van der Waals surface area contributed by atoms with Crippen molar-refractivity contribution < 1.29 is 13.9 Å². The van der Waals surface area contributed by atoms with Crippen LogP contribution in [0.4, 0.5) is 8.78 Å². The third kappa shape index (κ3) is 2.43. The second kappa shape index (κ2) is 5.14. The van der Waals surface area contributed by atoms with E-state index in [9.17, 15) is 13.9 Å². The van der Waals surface area contributed by atoms with Crippen LogP contribution in [0, 0.1) is 11.6 Å². The Labute approximate surface area is 111 Å². The number of benzene rings is 1. The van der Waals surface area contributed by atoms with Gasteiger partial charge in [0.2, 0.25) is 5.28 Å². The topological polar surface area (TPSA) is 46.0 Å². The highest BCUT2D eigenvalue weighted by Gasteiger charge is 2.22. The summed E-state index contributed by atoms with van der Waals surface area (Å²) in [6.45, 7) is 0. The lowest BCUT2D eigenvalue weighted by Crippen LogP contribution is -2.07. The van der Waals surface area contributed by atoms with Crippen molar-refractivity contribution in [3.63, 3.8) is 0 Å². The molecule has 0 aliphatic carbocycles. The third-order valence-corrected chi connectivity index (χ3v) is 2.79. The van der Waals surface area contributed by atoms with Crippen LogP contribution in [0.1, 0.15) is 17.2 Å². The summed E-state index contributed by atoms with van der Waals surface area (Å²) in [6.07, 6.45) is -0.482. The van der Waals surface area contributed by atoms with Crippen LogP contribution in [-0.2, 0) is 0 Å². The molecule has 94 valence electrons. The summed E-state index contributed by atoms with van der Waals surface area (Å²) < 4.78 is 27.0. The van der Waals surface area contributed by atoms with Gasteiger partial charge in [0.05, 0.1) is 5.56 Å². The number of nitrogens with zero attached hydrogens (tertiary/aromatic N) is 2. The molecule has 2 aromatic rings. The number of aromatic nitrogens is 2. The monoisotopic (exact) mass is 290 g/mol. The summed E-state index contributed by atoms with van der Waals surface area (Å²) in [5, 5.41) is 9.66. The summed E-state index contributed by atoms with van der Waals surface area (Å²) in [6, 6.07) is 3.26. The number of aliphatic hydroxyl groups excluding tert-OH is 1. The molecule has 2 rings (SSSR count). The predicted octanol–water partition coefficient (Wildman–Crippen LogP) is 3.14. The largest absolute Gasteiger partial charge is 0.383 e. The zero-order chi connectivity index (χ0) is 13.3. The van der Waals surface area contributed by atoms with Crippen molar-refractivity contribution in [3.05, 3.63) is 57.6 Å². The van der Waals surface area contributed by atoms with Crippen LogP contribution >= 0.6 is 23.2 Å². The lowest BCUT2D eigenvalue weighted by Gasteiger charge is -2.13. The van der Waals surface area contributed by atoms with Crippen LogP contribution in [0.5, 0.6) is 0 Å². The number of halogens is 4. The van der Waals surface area contributed by atoms with E-state index in [2.05, 4.69) is 9.97 Å². The van der Waals surface area contributed by atoms with Gasteiger partial charge in [-0.15, -0.1) is 0 Å². The van der Waals surface area contributed by atoms with Gasteiger partial charge in [0.15, 0.2) is 0 Å². The number of rotatable bonds is 2. The Kier molecular flexibility index (Phi) is 3.75. The van der Waals surface area contributed by atoms with Crippen molar-refractivity contribution >= 4 is 23.2 Å². The first-order valence-corrected chi connectivity index (χ1v) is 5.56. The Morgan fingerprint density at radius 3 is 2.33 bits per heavy atom. The number of aliphatic hydroxyl groups is 1. The zero-order valence-corrected chi connectivity index (χ0v) is 10.3. The minimum absolute atomic E-state index is 0.0231. The number of hydrogen-bond acceptors (Lipinski definition) is 3. The smallest absolute Gasteiger partial charge is 0.223 e. The van der Waals surface area contributed by atoms with Crippen molar-refractivity contribution in [1.29, 1.82) is 0 Å². The molecule has 0 spiro atoms. The Morgan fingerprint density at radius 1 is 1.17 bits per heavy atom. The van der Waals surface area contributed by atoms with Crippen molar-refractivity contribution in [2.75, 3.05) is 0 Å². The fraction of sp³-hybridized carbons (Fsp3) is 0.0909. The second-order valence-electron chi connectivity index (χ2n) is 3.42. The van der Waals surface area contributed by atoms with Crippen LogP contribution < -0.4 is 0 Å². The van der Waals surface area contributed by atoms with Gasteiger partial charge in [-0.1, -0.05) is 17.7 Å². The van der Waals surface area contributed by atoms with Crippen molar-refractivity contribution in [3.8, 4) is 0 Å². The van der Waals surface area contributed by atoms with Gasteiger partial charge in [0.25, 0.3) is 0 Å². The van der Waals surface area contributed by atoms with Gasteiger partial charge in [0, 0.05) is 11.8 Å². The lowest BCUT2D eigenvalue weighted by molar-refractivity contribution is 0.208. The Balaban J connectivity index is 2.51. The van der Waals surface area contributed by atoms with Gasteiger partial charge in [-0.2, -0.15) is 0 Å². The molecule has 0 aliphatic heterocycles. The minimum Gasteiger partial charge on any atom is -0.383 e. The van der Waals surface area contributed by atoms with Gasteiger partial charge in [-0.05, 0) is 23.7 Å². The van der Waals surface area contributed by atoms with E-state index in [1.54, 1.807) is 0 Å². The summed E-state index contributed by atoms with van der Waals surface area (Å²) in [7, 11) is 0. The first kappa shape index (κ1) is 13.1. The lowest BCUT2D eigenvalue weighted by atomic mass is 10.0. The quantitative estimate of drug-likeness (QED) is 0.683. The van der Waals surface area contributed by atoms with Crippen LogP contribution in [0.2, 0.25) is 10.4 Å². The van der Waals surface area contributed by atoms with E-state index < -0.39 is 23.3 Å². The fourth-order valence-electron chi connectivity index (χ4n) is 1.46. The van der Waals surface area contributed by atoms with Gasteiger partial charge in [0.1, 0.15) is 22.9 Å². The molecule has 0 amide bonds. The molecule has 0 saturated heterocycles. The van der Waals surface area contributed by atoms with Crippen LogP contribution in [-0.4, -0.2) is 15.1 Å². The molecule has 7 heteroatoms. The van der Waals surface area contributed by atoms with E-state index in [1.807, 2.05) is 0 Å². The molecule has 1 atom stereocenters. The molecule has 0 bridgehead atoms. The summed E-state index contributed by atoms with van der Waals surface area (Å²) in [5.41, 5.74) is -0.532. The van der Waals surface area contributed by atoms with E-state index in [0.717, 1.165) is 18.3 Å². The SMILES string of the molecule is OC(c1cnc(Cl)nc1Cl)c1c(F)cccc1F. The molecule has 1 N–H and O–H groups in total. The van der Waals surface area contributed by atoms with Gasteiger partial charge >= 0.3 is 0 Å². The molecule has 0 radical (unpaired) electrons. The molecule has 1 aromatic heterocycles. The molecule has 18 heavy (non-hydrogen) atoms. The van der Waals surface area contributed by atoms with Crippen molar-refractivity contribution in [2.45, 2.75) is 6.10 Å². The maximum Gasteiger partial charge on any atom is 0.223 e.